The van der Waals surface area contributed by atoms with Crippen LogP contribution in [-0.4, -0.2) is 28.4 Å². The Balaban J connectivity index is 2.12. The van der Waals surface area contributed by atoms with E-state index in [1.807, 2.05) is 13.0 Å². The SMILES string of the molecule is Cc1cccc(C(=O)O)c1OCC1(O)CCCCC1. The number of para-hydroxylation sites is 1. The third-order valence-electron chi connectivity index (χ3n) is 3.71. The van der Waals surface area contributed by atoms with Gasteiger partial charge in [-0.3, -0.25) is 0 Å². The van der Waals surface area contributed by atoms with E-state index in [0.717, 1.165) is 37.7 Å². The summed E-state index contributed by atoms with van der Waals surface area (Å²) >= 11 is 0. The van der Waals surface area contributed by atoms with E-state index in [2.05, 4.69) is 0 Å². The number of aliphatic hydroxyl groups is 1. The van der Waals surface area contributed by atoms with Crippen molar-refractivity contribution >= 4 is 5.97 Å². The van der Waals surface area contributed by atoms with Crippen molar-refractivity contribution in [3.8, 4) is 5.75 Å². The number of ether oxygens (including phenoxy) is 1. The first-order valence-corrected chi connectivity index (χ1v) is 6.70. The summed E-state index contributed by atoms with van der Waals surface area (Å²) in [6.07, 6.45) is 4.59. The van der Waals surface area contributed by atoms with E-state index >= 15 is 0 Å². The highest BCUT2D eigenvalue weighted by Gasteiger charge is 2.30. The average Bonchev–Trinajstić information content (AvgIpc) is 2.38. The third-order valence-corrected chi connectivity index (χ3v) is 3.71. The Morgan fingerprint density at radius 2 is 2.00 bits per heavy atom. The number of aryl methyl sites for hydroxylation is 1. The molecule has 1 aliphatic rings. The van der Waals surface area contributed by atoms with Gasteiger partial charge in [0.1, 0.15) is 17.9 Å². The fourth-order valence-corrected chi connectivity index (χ4v) is 2.57. The second kappa shape index (κ2) is 5.61. The molecule has 4 heteroatoms. The zero-order valence-electron chi connectivity index (χ0n) is 11.2. The minimum atomic E-state index is -1.01. The minimum absolute atomic E-state index is 0.152. The maximum Gasteiger partial charge on any atom is 0.339 e. The topological polar surface area (TPSA) is 66.8 Å². The Hall–Kier alpha value is -1.55. The van der Waals surface area contributed by atoms with Crippen molar-refractivity contribution in [2.45, 2.75) is 44.6 Å². The molecule has 1 aliphatic carbocycles. The van der Waals surface area contributed by atoms with Crippen LogP contribution in [0.2, 0.25) is 0 Å². The lowest BCUT2D eigenvalue weighted by Crippen LogP contribution is -2.38. The zero-order valence-corrected chi connectivity index (χ0v) is 11.2. The van der Waals surface area contributed by atoms with E-state index < -0.39 is 11.6 Å². The van der Waals surface area contributed by atoms with Gasteiger partial charge in [0.05, 0.1) is 5.60 Å². The number of hydrogen-bond acceptors (Lipinski definition) is 3. The number of carboxylic acid groups (broad SMARTS) is 1. The summed E-state index contributed by atoms with van der Waals surface area (Å²) < 4.78 is 5.64. The van der Waals surface area contributed by atoms with Crippen LogP contribution in [0.25, 0.3) is 0 Å². The second-order valence-electron chi connectivity index (χ2n) is 5.33. The number of rotatable bonds is 4. The van der Waals surface area contributed by atoms with E-state index in [4.69, 9.17) is 9.84 Å². The predicted octanol–water partition coefficient (Wildman–Crippen LogP) is 2.77. The molecular formula is C15H20O4. The van der Waals surface area contributed by atoms with Gasteiger partial charge in [-0.05, 0) is 31.4 Å². The number of benzene rings is 1. The van der Waals surface area contributed by atoms with Gasteiger partial charge in [-0.1, -0.05) is 31.4 Å². The summed E-state index contributed by atoms with van der Waals surface area (Å²) in [4.78, 5) is 11.2. The van der Waals surface area contributed by atoms with Gasteiger partial charge in [0.25, 0.3) is 0 Å². The molecule has 2 rings (SSSR count). The monoisotopic (exact) mass is 264 g/mol. The van der Waals surface area contributed by atoms with Crippen molar-refractivity contribution in [1.82, 2.24) is 0 Å². The molecule has 1 fully saturated rings. The quantitative estimate of drug-likeness (QED) is 0.877. The number of hydrogen-bond donors (Lipinski definition) is 2. The summed E-state index contributed by atoms with van der Waals surface area (Å²) in [6.45, 7) is 1.98. The summed E-state index contributed by atoms with van der Waals surface area (Å²) in [6, 6.07) is 5.03. The summed E-state index contributed by atoms with van der Waals surface area (Å²) in [5.74, 6) is -0.636. The molecule has 0 radical (unpaired) electrons. The van der Waals surface area contributed by atoms with E-state index in [1.54, 1.807) is 6.07 Å². The van der Waals surface area contributed by atoms with Gasteiger partial charge in [-0.25, -0.2) is 4.79 Å². The lowest BCUT2D eigenvalue weighted by atomic mass is 9.85. The van der Waals surface area contributed by atoms with Gasteiger partial charge in [-0.15, -0.1) is 0 Å². The van der Waals surface area contributed by atoms with Crippen LogP contribution in [0.4, 0.5) is 0 Å². The summed E-state index contributed by atoms with van der Waals surface area (Å²) in [7, 11) is 0. The highest BCUT2D eigenvalue weighted by Crippen LogP contribution is 2.30. The standard InChI is InChI=1S/C15H20O4/c1-11-6-5-7-12(14(16)17)13(11)19-10-15(18)8-3-2-4-9-15/h5-7,18H,2-4,8-10H2,1H3,(H,16,17). The molecule has 4 nitrogen and oxygen atoms in total. The summed E-state index contributed by atoms with van der Waals surface area (Å²) in [5.41, 5.74) is 0.120. The molecule has 0 amide bonds. The minimum Gasteiger partial charge on any atom is -0.489 e. The van der Waals surface area contributed by atoms with E-state index in [9.17, 15) is 9.90 Å². The van der Waals surface area contributed by atoms with Crippen molar-refractivity contribution in [3.63, 3.8) is 0 Å². The Kier molecular flexibility index (Phi) is 4.10. The van der Waals surface area contributed by atoms with Crippen molar-refractivity contribution in [1.29, 1.82) is 0 Å². The Bertz CT molecular complexity index is 461. The van der Waals surface area contributed by atoms with Crippen molar-refractivity contribution < 1.29 is 19.7 Å². The molecular weight excluding hydrogens is 244 g/mol. The molecule has 0 unspecified atom stereocenters. The fourth-order valence-electron chi connectivity index (χ4n) is 2.57. The molecule has 0 aromatic heterocycles. The zero-order chi connectivity index (χ0) is 13.9. The first-order valence-electron chi connectivity index (χ1n) is 6.70. The van der Waals surface area contributed by atoms with Gasteiger partial charge in [0.2, 0.25) is 0 Å². The third kappa shape index (κ3) is 3.26. The van der Waals surface area contributed by atoms with Crippen LogP contribution in [-0.2, 0) is 0 Å². The molecule has 0 heterocycles. The van der Waals surface area contributed by atoms with E-state index in [1.165, 1.54) is 6.07 Å². The molecule has 1 aromatic carbocycles. The lowest BCUT2D eigenvalue weighted by Gasteiger charge is -2.32. The average molecular weight is 264 g/mol. The van der Waals surface area contributed by atoms with Crippen LogP contribution in [0.5, 0.6) is 5.75 Å². The van der Waals surface area contributed by atoms with Gasteiger partial charge in [0, 0.05) is 0 Å². The lowest BCUT2D eigenvalue weighted by molar-refractivity contribution is -0.0343. The highest BCUT2D eigenvalue weighted by atomic mass is 16.5. The molecule has 0 spiro atoms. The largest absolute Gasteiger partial charge is 0.489 e. The fraction of sp³-hybridized carbons (Fsp3) is 0.533. The highest BCUT2D eigenvalue weighted by molar-refractivity contribution is 5.91. The maximum atomic E-state index is 11.2. The Morgan fingerprint density at radius 1 is 1.32 bits per heavy atom. The Morgan fingerprint density at radius 3 is 2.63 bits per heavy atom. The first kappa shape index (κ1) is 13.9. The molecule has 0 saturated heterocycles. The molecule has 104 valence electrons. The van der Waals surface area contributed by atoms with E-state index in [-0.39, 0.29) is 12.2 Å². The van der Waals surface area contributed by atoms with E-state index in [0.29, 0.717) is 5.75 Å². The molecule has 19 heavy (non-hydrogen) atoms. The number of carboxylic acids is 1. The van der Waals surface area contributed by atoms with Crippen molar-refractivity contribution in [3.05, 3.63) is 29.3 Å². The first-order chi connectivity index (χ1) is 9.02. The molecule has 2 N–H and O–H groups in total. The smallest absolute Gasteiger partial charge is 0.339 e. The van der Waals surface area contributed by atoms with Gasteiger partial charge < -0.3 is 14.9 Å². The van der Waals surface area contributed by atoms with Crippen LogP contribution in [0, 0.1) is 6.92 Å². The van der Waals surface area contributed by atoms with Crippen LogP contribution >= 0.6 is 0 Å². The molecule has 0 aliphatic heterocycles. The van der Waals surface area contributed by atoms with Crippen molar-refractivity contribution in [2.75, 3.05) is 6.61 Å². The van der Waals surface area contributed by atoms with Crippen LogP contribution < -0.4 is 4.74 Å². The summed E-state index contributed by atoms with van der Waals surface area (Å²) in [5, 5.41) is 19.5. The van der Waals surface area contributed by atoms with Crippen LogP contribution in [0.1, 0.15) is 48.0 Å². The molecule has 1 saturated carbocycles. The Labute approximate surface area is 113 Å². The van der Waals surface area contributed by atoms with Crippen LogP contribution in [0.3, 0.4) is 0 Å². The van der Waals surface area contributed by atoms with Crippen LogP contribution in [0.15, 0.2) is 18.2 Å². The van der Waals surface area contributed by atoms with Gasteiger partial charge in [0.15, 0.2) is 0 Å². The number of aromatic carboxylic acids is 1. The van der Waals surface area contributed by atoms with Crippen molar-refractivity contribution in [2.24, 2.45) is 0 Å². The molecule has 1 aromatic rings. The maximum absolute atomic E-state index is 11.2. The molecule has 0 bridgehead atoms. The predicted molar refractivity (Wildman–Crippen MR) is 71.7 cm³/mol. The molecule has 0 atom stereocenters. The van der Waals surface area contributed by atoms with Gasteiger partial charge in [-0.2, -0.15) is 0 Å². The number of carbonyl (C=O) groups is 1. The van der Waals surface area contributed by atoms with Gasteiger partial charge >= 0.3 is 5.97 Å². The second-order valence-corrected chi connectivity index (χ2v) is 5.33. The normalized spacial score (nSPS) is 18.0.